The van der Waals surface area contributed by atoms with E-state index in [9.17, 15) is 0 Å². The molecule has 1 unspecified atom stereocenters. The van der Waals surface area contributed by atoms with Gasteiger partial charge in [-0.25, -0.2) is 4.98 Å². The maximum atomic E-state index is 5.64. The van der Waals surface area contributed by atoms with Gasteiger partial charge >= 0.3 is 0 Å². The molecule has 1 aliphatic heterocycles. The average Bonchev–Trinajstić information content (AvgIpc) is 2.82. The molecule has 0 aromatic carbocycles. The van der Waals surface area contributed by atoms with Crippen LogP contribution in [0.1, 0.15) is 49.7 Å². The first kappa shape index (κ1) is 15.9. The Labute approximate surface area is 125 Å². The van der Waals surface area contributed by atoms with E-state index in [1.807, 2.05) is 0 Å². The summed E-state index contributed by atoms with van der Waals surface area (Å²) in [6.07, 6.45) is 3.15. The van der Waals surface area contributed by atoms with Crippen molar-refractivity contribution in [1.29, 1.82) is 0 Å². The van der Waals surface area contributed by atoms with E-state index < -0.39 is 0 Å². The van der Waals surface area contributed by atoms with Crippen molar-refractivity contribution >= 4 is 11.3 Å². The van der Waals surface area contributed by atoms with Gasteiger partial charge in [0.05, 0.1) is 17.8 Å². The third-order valence-electron chi connectivity index (χ3n) is 3.86. The summed E-state index contributed by atoms with van der Waals surface area (Å²) in [5.41, 5.74) is 1.16. The highest BCUT2D eigenvalue weighted by molar-refractivity contribution is 7.09. The molecular weight excluding hydrogens is 272 g/mol. The van der Waals surface area contributed by atoms with Crippen LogP contribution in [0.4, 0.5) is 0 Å². The van der Waals surface area contributed by atoms with Crippen molar-refractivity contribution in [2.24, 2.45) is 0 Å². The summed E-state index contributed by atoms with van der Waals surface area (Å²) in [5.74, 6) is 0.484. The van der Waals surface area contributed by atoms with Crippen molar-refractivity contribution in [3.05, 3.63) is 16.1 Å². The summed E-state index contributed by atoms with van der Waals surface area (Å²) in [5, 5.41) is 7.10. The molecule has 1 aliphatic rings. The van der Waals surface area contributed by atoms with Crippen LogP contribution in [0, 0.1) is 0 Å². The Morgan fingerprint density at radius 1 is 1.45 bits per heavy atom. The normalized spacial score (nSPS) is 24.0. The third kappa shape index (κ3) is 3.79. The maximum Gasteiger partial charge on any atom is 0.113 e. The van der Waals surface area contributed by atoms with Crippen molar-refractivity contribution in [3.8, 4) is 0 Å². The highest BCUT2D eigenvalue weighted by atomic mass is 32.1. The topological polar surface area (TPSA) is 43.4 Å². The van der Waals surface area contributed by atoms with Crippen LogP contribution in [0.3, 0.4) is 0 Å². The van der Waals surface area contributed by atoms with Crippen molar-refractivity contribution in [1.82, 2.24) is 10.3 Å². The van der Waals surface area contributed by atoms with Crippen LogP contribution in [-0.4, -0.2) is 38.5 Å². The maximum absolute atomic E-state index is 5.64. The first-order valence-electron chi connectivity index (χ1n) is 7.45. The average molecular weight is 298 g/mol. The Hall–Kier alpha value is -0.490. The van der Waals surface area contributed by atoms with Gasteiger partial charge in [0.15, 0.2) is 0 Å². The lowest BCUT2D eigenvalue weighted by Crippen LogP contribution is -2.44. The van der Waals surface area contributed by atoms with Gasteiger partial charge in [-0.3, -0.25) is 0 Å². The van der Waals surface area contributed by atoms with E-state index >= 15 is 0 Å². The number of methoxy groups -OCH3 is 1. The summed E-state index contributed by atoms with van der Waals surface area (Å²) < 4.78 is 10.8. The molecule has 1 fully saturated rings. The van der Waals surface area contributed by atoms with Crippen LogP contribution in [0.2, 0.25) is 0 Å². The van der Waals surface area contributed by atoms with Crippen LogP contribution in [-0.2, 0) is 15.0 Å². The predicted molar refractivity (Wildman–Crippen MR) is 82.4 cm³/mol. The Morgan fingerprint density at radius 2 is 2.30 bits per heavy atom. The summed E-state index contributed by atoms with van der Waals surface area (Å²) in [6, 6.07) is 0. The second kappa shape index (κ2) is 7.50. The number of nitrogens with zero attached hydrogens (tertiary/aromatic N) is 1. The molecule has 114 valence electrons. The number of nitrogens with one attached hydrogen (secondary N) is 1. The van der Waals surface area contributed by atoms with Gasteiger partial charge in [0, 0.05) is 32.2 Å². The molecule has 1 aromatic heterocycles. The second-order valence-corrected chi connectivity index (χ2v) is 6.56. The summed E-state index contributed by atoms with van der Waals surface area (Å²) in [6.45, 7) is 7.63. The monoisotopic (exact) mass is 298 g/mol. The van der Waals surface area contributed by atoms with E-state index in [0.29, 0.717) is 5.92 Å². The number of rotatable bonds is 6. The Bertz CT molecular complexity index is 398. The standard InChI is InChI=1S/C15H26N2O2S/c1-12(2)13-11-20-14(17-13)15(16-7-10-18-3)5-4-8-19-9-6-15/h11-12,16H,4-10H2,1-3H3. The van der Waals surface area contributed by atoms with Crippen LogP contribution in [0.5, 0.6) is 0 Å². The molecule has 4 nitrogen and oxygen atoms in total. The van der Waals surface area contributed by atoms with Gasteiger partial charge in [-0.1, -0.05) is 13.8 Å². The van der Waals surface area contributed by atoms with Crippen LogP contribution in [0.15, 0.2) is 5.38 Å². The summed E-state index contributed by atoms with van der Waals surface area (Å²) >= 11 is 1.78. The van der Waals surface area contributed by atoms with E-state index in [1.54, 1.807) is 18.4 Å². The lowest BCUT2D eigenvalue weighted by Gasteiger charge is -2.31. The fraction of sp³-hybridized carbons (Fsp3) is 0.800. The predicted octanol–water partition coefficient (Wildman–Crippen LogP) is 2.90. The van der Waals surface area contributed by atoms with E-state index in [1.165, 1.54) is 10.7 Å². The number of aromatic nitrogens is 1. The molecule has 2 rings (SSSR count). The largest absolute Gasteiger partial charge is 0.383 e. The molecule has 20 heavy (non-hydrogen) atoms. The summed E-state index contributed by atoms with van der Waals surface area (Å²) in [4.78, 5) is 4.89. The van der Waals surface area contributed by atoms with Gasteiger partial charge in [0.1, 0.15) is 5.01 Å². The highest BCUT2D eigenvalue weighted by Crippen LogP contribution is 2.35. The molecule has 0 amide bonds. The van der Waals surface area contributed by atoms with Crippen molar-refractivity contribution < 1.29 is 9.47 Å². The van der Waals surface area contributed by atoms with Gasteiger partial charge in [-0.05, 0) is 25.2 Å². The van der Waals surface area contributed by atoms with E-state index in [0.717, 1.165) is 45.6 Å². The van der Waals surface area contributed by atoms with Gasteiger partial charge in [0.2, 0.25) is 0 Å². The van der Waals surface area contributed by atoms with Gasteiger partial charge < -0.3 is 14.8 Å². The Morgan fingerprint density at radius 3 is 3.00 bits per heavy atom. The van der Waals surface area contributed by atoms with Crippen LogP contribution < -0.4 is 5.32 Å². The van der Waals surface area contributed by atoms with E-state index in [-0.39, 0.29) is 5.54 Å². The van der Waals surface area contributed by atoms with Crippen molar-refractivity contribution in [2.45, 2.75) is 44.6 Å². The second-order valence-electron chi connectivity index (χ2n) is 5.70. The SMILES string of the molecule is COCCNC1(c2nc(C(C)C)cs2)CCCOCC1. The molecule has 0 bridgehead atoms. The molecule has 1 N–H and O–H groups in total. The van der Waals surface area contributed by atoms with E-state index in [4.69, 9.17) is 14.5 Å². The lowest BCUT2D eigenvalue weighted by molar-refractivity contribution is 0.133. The number of hydrogen-bond acceptors (Lipinski definition) is 5. The molecule has 0 radical (unpaired) electrons. The van der Waals surface area contributed by atoms with Crippen LogP contribution in [0.25, 0.3) is 0 Å². The molecule has 0 saturated carbocycles. The van der Waals surface area contributed by atoms with Crippen molar-refractivity contribution in [2.75, 3.05) is 33.5 Å². The first-order chi connectivity index (χ1) is 9.68. The lowest BCUT2D eigenvalue weighted by atomic mass is 9.91. The molecule has 2 heterocycles. The molecule has 1 atom stereocenters. The molecule has 0 spiro atoms. The Kier molecular flexibility index (Phi) is 5.96. The quantitative estimate of drug-likeness (QED) is 0.820. The number of hydrogen-bond donors (Lipinski definition) is 1. The van der Waals surface area contributed by atoms with Crippen LogP contribution >= 0.6 is 11.3 Å². The number of thiazole rings is 1. The molecular formula is C15H26N2O2S. The number of ether oxygens (including phenoxy) is 2. The van der Waals surface area contributed by atoms with Gasteiger partial charge in [0.25, 0.3) is 0 Å². The fourth-order valence-corrected chi connectivity index (χ4v) is 3.80. The van der Waals surface area contributed by atoms with E-state index in [2.05, 4.69) is 24.5 Å². The zero-order valence-corrected chi connectivity index (χ0v) is 13.6. The fourth-order valence-electron chi connectivity index (χ4n) is 2.58. The molecule has 0 aliphatic carbocycles. The molecule has 5 heteroatoms. The first-order valence-corrected chi connectivity index (χ1v) is 8.33. The minimum Gasteiger partial charge on any atom is -0.383 e. The zero-order valence-electron chi connectivity index (χ0n) is 12.8. The van der Waals surface area contributed by atoms with Gasteiger partial charge in [-0.15, -0.1) is 11.3 Å². The third-order valence-corrected chi connectivity index (χ3v) is 4.92. The molecule has 1 aromatic rings. The Balaban J connectivity index is 2.18. The summed E-state index contributed by atoms with van der Waals surface area (Å²) in [7, 11) is 1.74. The van der Waals surface area contributed by atoms with Gasteiger partial charge in [-0.2, -0.15) is 0 Å². The van der Waals surface area contributed by atoms with Crippen molar-refractivity contribution in [3.63, 3.8) is 0 Å². The zero-order chi connectivity index (χ0) is 14.4. The molecule has 1 saturated heterocycles. The smallest absolute Gasteiger partial charge is 0.113 e. The minimum absolute atomic E-state index is 0.0349. The highest BCUT2D eigenvalue weighted by Gasteiger charge is 2.35. The minimum atomic E-state index is -0.0349.